The van der Waals surface area contributed by atoms with E-state index in [1.54, 1.807) is 0 Å². The van der Waals surface area contributed by atoms with Crippen LogP contribution in [0.1, 0.15) is 37.3 Å². The summed E-state index contributed by atoms with van der Waals surface area (Å²) in [6.45, 7) is 4.33. The standard InChI is InChI=1S/C15H22N2S2/c1-3-19-14-6-4-5-12(14)17-13-9-10(2)7-8-11(13)15(16)18/h7-9,12,14,17H,3-6H2,1-2H3,(H2,16,18). The molecule has 0 amide bonds. The van der Waals surface area contributed by atoms with Gasteiger partial charge in [-0.2, -0.15) is 11.8 Å². The normalized spacial score (nSPS) is 22.4. The lowest BCUT2D eigenvalue weighted by atomic mass is 10.1. The molecule has 0 aromatic heterocycles. The molecule has 0 heterocycles. The van der Waals surface area contributed by atoms with Crippen molar-refractivity contribution in [3.63, 3.8) is 0 Å². The number of hydrogen-bond donors (Lipinski definition) is 2. The van der Waals surface area contributed by atoms with Crippen molar-refractivity contribution in [3.05, 3.63) is 29.3 Å². The molecule has 1 saturated carbocycles. The largest absolute Gasteiger partial charge is 0.389 e. The lowest BCUT2D eigenvalue weighted by Gasteiger charge is -2.23. The molecule has 19 heavy (non-hydrogen) atoms. The number of thiocarbonyl (C=S) groups is 1. The highest BCUT2D eigenvalue weighted by molar-refractivity contribution is 7.99. The van der Waals surface area contributed by atoms with E-state index < -0.39 is 0 Å². The number of nitrogens with one attached hydrogen (secondary N) is 1. The first-order chi connectivity index (χ1) is 9.11. The molecule has 4 heteroatoms. The fraction of sp³-hybridized carbons (Fsp3) is 0.533. The summed E-state index contributed by atoms with van der Waals surface area (Å²) >= 11 is 7.21. The third kappa shape index (κ3) is 3.63. The Kier molecular flexibility index (Phi) is 5.11. The first-order valence-electron chi connectivity index (χ1n) is 6.90. The Labute approximate surface area is 125 Å². The molecule has 1 aromatic carbocycles. The van der Waals surface area contributed by atoms with E-state index in [1.807, 2.05) is 6.07 Å². The minimum absolute atomic E-state index is 0.472. The van der Waals surface area contributed by atoms with Crippen molar-refractivity contribution in [1.29, 1.82) is 0 Å². The quantitative estimate of drug-likeness (QED) is 0.812. The molecule has 3 N–H and O–H groups in total. The first kappa shape index (κ1) is 14.7. The average Bonchev–Trinajstić information content (AvgIpc) is 2.77. The summed E-state index contributed by atoms with van der Waals surface area (Å²) < 4.78 is 0. The number of benzene rings is 1. The van der Waals surface area contributed by atoms with Crippen LogP contribution in [0.2, 0.25) is 0 Å². The molecule has 2 rings (SSSR count). The fourth-order valence-corrected chi connectivity index (χ4v) is 4.07. The van der Waals surface area contributed by atoms with Crippen molar-refractivity contribution in [3.8, 4) is 0 Å². The van der Waals surface area contributed by atoms with Gasteiger partial charge in [-0.3, -0.25) is 0 Å². The molecular weight excluding hydrogens is 272 g/mol. The van der Waals surface area contributed by atoms with Gasteiger partial charge in [-0.15, -0.1) is 0 Å². The van der Waals surface area contributed by atoms with Crippen molar-refractivity contribution in [2.24, 2.45) is 5.73 Å². The van der Waals surface area contributed by atoms with Gasteiger partial charge in [0.15, 0.2) is 0 Å². The van der Waals surface area contributed by atoms with Crippen molar-refractivity contribution in [2.45, 2.75) is 44.4 Å². The molecule has 0 bridgehead atoms. The van der Waals surface area contributed by atoms with E-state index >= 15 is 0 Å². The van der Waals surface area contributed by atoms with E-state index in [2.05, 4.69) is 43.1 Å². The third-order valence-corrected chi connectivity index (χ3v) is 5.16. The van der Waals surface area contributed by atoms with Gasteiger partial charge in [-0.1, -0.05) is 31.6 Å². The highest BCUT2D eigenvalue weighted by Gasteiger charge is 2.27. The van der Waals surface area contributed by atoms with Crippen LogP contribution < -0.4 is 11.1 Å². The number of thioether (sulfide) groups is 1. The molecule has 0 aliphatic heterocycles. The number of rotatable bonds is 5. The summed E-state index contributed by atoms with van der Waals surface area (Å²) in [6.07, 6.45) is 3.86. The Balaban J connectivity index is 2.17. The SMILES string of the molecule is CCSC1CCCC1Nc1cc(C)ccc1C(N)=S. The summed E-state index contributed by atoms with van der Waals surface area (Å²) in [4.78, 5) is 0.472. The van der Waals surface area contributed by atoms with Gasteiger partial charge in [-0.05, 0) is 43.2 Å². The maximum absolute atomic E-state index is 5.82. The van der Waals surface area contributed by atoms with Gasteiger partial charge in [0.05, 0.1) is 0 Å². The molecule has 1 aliphatic carbocycles. The Morgan fingerprint density at radius 2 is 2.26 bits per heavy atom. The van der Waals surface area contributed by atoms with Gasteiger partial charge < -0.3 is 11.1 Å². The van der Waals surface area contributed by atoms with Crippen LogP contribution in [0.3, 0.4) is 0 Å². The van der Waals surface area contributed by atoms with Gasteiger partial charge in [0, 0.05) is 22.5 Å². The van der Waals surface area contributed by atoms with Gasteiger partial charge in [0.2, 0.25) is 0 Å². The Bertz CT molecular complexity index is 459. The van der Waals surface area contributed by atoms with Gasteiger partial charge in [0.25, 0.3) is 0 Å². The second-order valence-electron chi connectivity index (χ2n) is 5.09. The van der Waals surface area contributed by atoms with Crippen LogP contribution in [0, 0.1) is 6.92 Å². The lowest BCUT2D eigenvalue weighted by molar-refractivity contribution is 0.767. The fourth-order valence-electron chi connectivity index (χ4n) is 2.70. The van der Waals surface area contributed by atoms with Crippen LogP contribution in [0.15, 0.2) is 18.2 Å². The third-order valence-electron chi connectivity index (χ3n) is 3.61. The van der Waals surface area contributed by atoms with Gasteiger partial charge >= 0.3 is 0 Å². The minimum atomic E-state index is 0.472. The highest BCUT2D eigenvalue weighted by Crippen LogP contribution is 2.33. The van der Waals surface area contributed by atoms with E-state index in [4.69, 9.17) is 18.0 Å². The van der Waals surface area contributed by atoms with E-state index in [0.29, 0.717) is 16.3 Å². The topological polar surface area (TPSA) is 38.0 Å². The molecule has 2 atom stereocenters. The summed E-state index contributed by atoms with van der Waals surface area (Å²) in [5.41, 5.74) is 9.12. The smallest absolute Gasteiger partial charge is 0.106 e. The van der Waals surface area contributed by atoms with Crippen LogP contribution in [0.4, 0.5) is 5.69 Å². The summed E-state index contributed by atoms with van der Waals surface area (Å²) in [6, 6.07) is 6.78. The van der Waals surface area contributed by atoms with Crippen LogP contribution in [-0.4, -0.2) is 22.0 Å². The van der Waals surface area contributed by atoms with E-state index in [9.17, 15) is 0 Å². The molecule has 0 spiro atoms. The van der Waals surface area contributed by atoms with Crippen LogP contribution in [0.25, 0.3) is 0 Å². The molecule has 0 radical (unpaired) electrons. The molecule has 1 aliphatic rings. The first-order valence-corrected chi connectivity index (χ1v) is 8.36. The van der Waals surface area contributed by atoms with Gasteiger partial charge in [-0.25, -0.2) is 0 Å². The van der Waals surface area contributed by atoms with Crippen molar-refractivity contribution >= 4 is 34.7 Å². The zero-order chi connectivity index (χ0) is 13.8. The molecule has 2 nitrogen and oxygen atoms in total. The molecule has 2 unspecified atom stereocenters. The Morgan fingerprint density at radius 3 is 2.95 bits per heavy atom. The van der Waals surface area contributed by atoms with Crippen LogP contribution >= 0.6 is 24.0 Å². The molecule has 0 saturated heterocycles. The second-order valence-corrected chi connectivity index (χ2v) is 7.04. The van der Waals surface area contributed by atoms with Crippen molar-refractivity contribution in [2.75, 3.05) is 11.1 Å². The maximum Gasteiger partial charge on any atom is 0.106 e. The highest BCUT2D eigenvalue weighted by atomic mass is 32.2. The van der Waals surface area contributed by atoms with E-state index in [1.165, 1.54) is 30.6 Å². The van der Waals surface area contributed by atoms with Crippen LogP contribution in [-0.2, 0) is 0 Å². The number of anilines is 1. The second kappa shape index (κ2) is 6.62. The minimum Gasteiger partial charge on any atom is -0.389 e. The Morgan fingerprint density at radius 1 is 1.47 bits per heavy atom. The average molecular weight is 294 g/mol. The summed E-state index contributed by atoms with van der Waals surface area (Å²) in [7, 11) is 0. The lowest BCUT2D eigenvalue weighted by Crippen LogP contribution is -2.27. The van der Waals surface area contributed by atoms with E-state index in [0.717, 1.165) is 11.3 Å². The summed E-state index contributed by atoms with van der Waals surface area (Å²) in [5.74, 6) is 1.18. The van der Waals surface area contributed by atoms with Crippen LogP contribution in [0.5, 0.6) is 0 Å². The monoisotopic (exact) mass is 294 g/mol. The van der Waals surface area contributed by atoms with Gasteiger partial charge in [0.1, 0.15) is 4.99 Å². The molecule has 104 valence electrons. The number of hydrogen-bond acceptors (Lipinski definition) is 3. The zero-order valence-electron chi connectivity index (χ0n) is 11.6. The zero-order valence-corrected chi connectivity index (χ0v) is 13.2. The van der Waals surface area contributed by atoms with Crippen molar-refractivity contribution in [1.82, 2.24) is 0 Å². The Hall–Kier alpha value is -0.740. The predicted molar refractivity (Wildman–Crippen MR) is 90.2 cm³/mol. The summed E-state index contributed by atoms with van der Waals surface area (Å²) in [5, 5.41) is 4.39. The molecular formula is C15H22N2S2. The van der Waals surface area contributed by atoms with Crippen molar-refractivity contribution < 1.29 is 0 Å². The maximum atomic E-state index is 5.82. The number of aryl methyl sites for hydroxylation is 1. The number of nitrogens with two attached hydrogens (primary N) is 1. The van der Waals surface area contributed by atoms with E-state index in [-0.39, 0.29) is 0 Å². The molecule has 1 fully saturated rings. The predicted octanol–water partition coefficient (Wildman–Crippen LogP) is 3.72. The molecule has 1 aromatic rings.